The van der Waals surface area contributed by atoms with Gasteiger partial charge in [0.05, 0.1) is 17.0 Å². The molecule has 0 saturated carbocycles. The lowest BCUT2D eigenvalue weighted by molar-refractivity contribution is -0.115. The zero-order valence-electron chi connectivity index (χ0n) is 20.3. The molecular formula is C22H26ClN9O5S. The highest BCUT2D eigenvalue weighted by Gasteiger charge is 2.41. The lowest BCUT2D eigenvalue weighted by atomic mass is 9.88. The van der Waals surface area contributed by atoms with Crippen molar-refractivity contribution in [1.29, 1.82) is 0 Å². The van der Waals surface area contributed by atoms with E-state index in [1.165, 1.54) is 25.1 Å². The van der Waals surface area contributed by atoms with E-state index in [1.54, 1.807) is 11.0 Å². The number of nitrogens with zero attached hydrogens (tertiary/aromatic N) is 4. The van der Waals surface area contributed by atoms with Crippen LogP contribution in [-0.4, -0.2) is 78.6 Å². The quantitative estimate of drug-likeness (QED) is 0.302. The van der Waals surface area contributed by atoms with Gasteiger partial charge in [-0.15, -0.1) is 0 Å². The summed E-state index contributed by atoms with van der Waals surface area (Å²) in [6.45, 7) is 2.19. The zero-order chi connectivity index (χ0) is 27.7. The van der Waals surface area contributed by atoms with Gasteiger partial charge in [-0.2, -0.15) is 4.99 Å². The third kappa shape index (κ3) is 5.84. The molecule has 2 amide bonds. The van der Waals surface area contributed by atoms with E-state index in [1.807, 2.05) is 0 Å². The minimum absolute atomic E-state index is 0.0938. The molecule has 7 N–H and O–H groups in total. The third-order valence-electron chi connectivity index (χ3n) is 6.21. The van der Waals surface area contributed by atoms with E-state index in [-0.39, 0.29) is 57.1 Å². The highest BCUT2D eigenvalue weighted by molar-refractivity contribution is 7.89. The fourth-order valence-electron chi connectivity index (χ4n) is 4.11. The Morgan fingerprint density at radius 1 is 1.18 bits per heavy atom. The topological polar surface area (TPSA) is 215 Å². The van der Waals surface area contributed by atoms with Crippen molar-refractivity contribution < 1.29 is 22.8 Å². The molecule has 1 aromatic carbocycles. The second-order valence-electron chi connectivity index (χ2n) is 9.00. The molecular weight excluding hydrogens is 538 g/mol. The second kappa shape index (κ2) is 10.5. The summed E-state index contributed by atoms with van der Waals surface area (Å²) in [4.78, 5) is 50.0. The van der Waals surface area contributed by atoms with E-state index >= 15 is 0 Å². The molecule has 0 radical (unpaired) electrons. The van der Waals surface area contributed by atoms with Gasteiger partial charge >= 0.3 is 5.91 Å². The number of anilines is 2. The number of rotatable bonds is 6. The number of guanidine groups is 1. The largest absolute Gasteiger partial charge is 0.382 e. The number of sulfonamides is 1. The summed E-state index contributed by atoms with van der Waals surface area (Å²) in [5.74, 6) is -1.43. The second-order valence-corrected chi connectivity index (χ2v) is 11.1. The van der Waals surface area contributed by atoms with Gasteiger partial charge in [-0.25, -0.2) is 23.1 Å². The Morgan fingerprint density at radius 2 is 1.89 bits per heavy atom. The Hall–Kier alpha value is -3.82. The van der Waals surface area contributed by atoms with Crippen LogP contribution in [-0.2, 0) is 14.8 Å². The number of benzene rings is 1. The molecule has 2 aromatic rings. The molecule has 2 fully saturated rings. The first-order valence-electron chi connectivity index (χ1n) is 11.5. The number of nitrogens with one attached hydrogen (secondary N) is 3. The summed E-state index contributed by atoms with van der Waals surface area (Å²) < 4.78 is 27.1. The van der Waals surface area contributed by atoms with Gasteiger partial charge in [-0.05, 0) is 38.0 Å². The summed E-state index contributed by atoms with van der Waals surface area (Å²) >= 11 is 5.84. The smallest absolute Gasteiger partial charge is 0.302 e. The fraction of sp³-hybridized carbons (Fsp3) is 0.364. The van der Waals surface area contributed by atoms with Crippen LogP contribution < -0.4 is 26.8 Å². The number of nitrogen functional groups attached to an aromatic ring is 2. The summed E-state index contributed by atoms with van der Waals surface area (Å²) in [7, 11) is -3.93. The Morgan fingerprint density at radius 3 is 2.58 bits per heavy atom. The molecule has 1 spiro atoms. The van der Waals surface area contributed by atoms with Gasteiger partial charge in [0.25, 0.3) is 5.91 Å². The molecule has 2 aliphatic rings. The van der Waals surface area contributed by atoms with Gasteiger partial charge in [0.15, 0.2) is 28.4 Å². The van der Waals surface area contributed by atoms with Gasteiger partial charge in [0.1, 0.15) is 5.78 Å². The van der Waals surface area contributed by atoms with Crippen molar-refractivity contribution in [3.05, 3.63) is 40.7 Å². The van der Waals surface area contributed by atoms with E-state index in [2.05, 4.69) is 30.3 Å². The van der Waals surface area contributed by atoms with Crippen LogP contribution in [0.15, 0.2) is 34.2 Å². The normalized spacial score (nSPS) is 17.7. The molecule has 38 heavy (non-hydrogen) atoms. The Bertz CT molecular complexity index is 1440. The number of aliphatic imine (C=N–C) groups is 1. The number of nitrogens with two attached hydrogens (primary N) is 2. The number of aromatic nitrogens is 2. The first-order chi connectivity index (χ1) is 17.9. The number of amides is 2. The zero-order valence-corrected chi connectivity index (χ0v) is 21.9. The molecule has 0 unspecified atom stereocenters. The summed E-state index contributed by atoms with van der Waals surface area (Å²) in [6, 6.07) is 5.67. The van der Waals surface area contributed by atoms with Gasteiger partial charge in [0, 0.05) is 25.2 Å². The molecule has 16 heteroatoms. The number of carbonyl (C=O) groups excluding carboxylic acids is 3. The monoisotopic (exact) mass is 563 g/mol. The van der Waals surface area contributed by atoms with Crippen molar-refractivity contribution in [3.63, 3.8) is 0 Å². The third-order valence-corrected chi connectivity index (χ3v) is 7.89. The Labute approximate surface area is 223 Å². The lowest BCUT2D eigenvalue weighted by Crippen LogP contribution is -2.53. The standard InChI is InChI=1S/C22H26ClN9O5S/c1-12(33)10-27-38(36,37)14-4-2-3-13(9-14)20(35)32-7-5-22(6-8-32)11-26-21(31-22)30-19(34)15-17(24)29-18(25)16(23)28-15/h2-4,9,27H,5-8,10-11H2,1H3,(H4,24,25,29)(H2,26,30,31,34). The van der Waals surface area contributed by atoms with E-state index in [0.717, 1.165) is 0 Å². The van der Waals surface area contributed by atoms with E-state index < -0.39 is 21.5 Å². The van der Waals surface area contributed by atoms with Crippen molar-refractivity contribution in [1.82, 2.24) is 30.2 Å². The first kappa shape index (κ1) is 27.2. The first-order valence-corrected chi connectivity index (χ1v) is 13.4. The summed E-state index contributed by atoms with van der Waals surface area (Å²) in [5, 5.41) is 6.12. The molecule has 0 aliphatic carbocycles. The van der Waals surface area contributed by atoms with Gasteiger partial charge in [-0.1, -0.05) is 17.7 Å². The molecule has 202 valence electrons. The van der Waals surface area contributed by atoms with Crippen molar-refractivity contribution in [2.75, 3.05) is 37.6 Å². The molecule has 2 aliphatic heterocycles. The molecule has 2 saturated heterocycles. The van der Waals surface area contributed by atoms with Crippen LogP contribution in [0.4, 0.5) is 11.6 Å². The van der Waals surface area contributed by atoms with Crippen LogP contribution in [0, 0.1) is 0 Å². The van der Waals surface area contributed by atoms with Crippen LogP contribution in [0.1, 0.15) is 40.6 Å². The van der Waals surface area contributed by atoms with Gasteiger partial charge in [0.2, 0.25) is 10.0 Å². The molecule has 3 heterocycles. The highest BCUT2D eigenvalue weighted by atomic mass is 35.5. The maximum Gasteiger partial charge on any atom is 0.302 e. The number of carbonyl (C=O) groups is 3. The molecule has 0 bridgehead atoms. The maximum atomic E-state index is 13.1. The highest BCUT2D eigenvalue weighted by Crippen LogP contribution is 2.26. The van der Waals surface area contributed by atoms with Crippen molar-refractivity contribution >= 4 is 56.8 Å². The summed E-state index contributed by atoms with van der Waals surface area (Å²) in [6.07, 6.45) is 1.10. The van der Waals surface area contributed by atoms with Crippen molar-refractivity contribution in [2.24, 2.45) is 4.99 Å². The average molecular weight is 564 g/mol. The van der Waals surface area contributed by atoms with Crippen LogP contribution >= 0.6 is 11.6 Å². The number of piperidine rings is 1. The molecule has 1 aromatic heterocycles. The number of ketones is 1. The van der Waals surface area contributed by atoms with Crippen molar-refractivity contribution in [2.45, 2.75) is 30.2 Å². The van der Waals surface area contributed by atoms with Gasteiger partial charge in [-0.3, -0.25) is 14.4 Å². The Balaban J connectivity index is 1.39. The SMILES string of the molecule is CC(=O)CNS(=O)(=O)c1cccc(C(=O)N2CCC3(CC2)CN/C(=N\C(=O)c2nc(Cl)c(N)nc2N)N3)c1. The van der Waals surface area contributed by atoms with Gasteiger partial charge < -0.3 is 27.0 Å². The number of Topliss-reactive ketones (excluding diaryl/α,β-unsaturated/α-hetero) is 1. The average Bonchev–Trinajstić information content (AvgIpc) is 3.26. The molecule has 0 atom stereocenters. The summed E-state index contributed by atoms with van der Waals surface area (Å²) in [5.41, 5.74) is 10.8. The van der Waals surface area contributed by atoms with Crippen LogP contribution in [0.3, 0.4) is 0 Å². The van der Waals surface area contributed by atoms with Crippen LogP contribution in [0.2, 0.25) is 5.15 Å². The number of likely N-dealkylation sites (tertiary alicyclic amines) is 1. The van der Waals surface area contributed by atoms with Crippen LogP contribution in [0.5, 0.6) is 0 Å². The lowest BCUT2D eigenvalue weighted by Gasteiger charge is -2.38. The van der Waals surface area contributed by atoms with E-state index in [9.17, 15) is 22.8 Å². The van der Waals surface area contributed by atoms with Crippen molar-refractivity contribution in [3.8, 4) is 0 Å². The van der Waals surface area contributed by atoms with E-state index in [0.29, 0.717) is 32.5 Å². The number of hydrogen-bond acceptors (Lipinski definition) is 9. The molecule has 4 rings (SSSR count). The number of halogens is 1. The maximum absolute atomic E-state index is 13.1. The minimum atomic E-state index is -3.93. The Kier molecular flexibility index (Phi) is 7.53. The van der Waals surface area contributed by atoms with Crippen LogP contribution in [0.25, 0.3) is 0 Å². The van der Waals surface area contributed by atoms with E-state index in [4.69, 9.17) is 23.1 Å². The minimum Gasteiger partial charge on any atom is -0.382 e. The molecule has 14 nitrogen and oxygen atoms in total. The predicted molar refractivity (Wildman–Crippen MR) is 139 cm³/mol. The fourth-order valence-corrected chi connectivity index (χ4v) is 5.34. The number of hydrogen-bond donors (Lipinski definition) is 5. The predicted octanol–water partition coefficient (Wildman–Crippen LogP) is -0.474.